The third kappa shape index (κ3) is 4.32. The third-order valence-corrected chi connectivity index (χ3v) is 4.77. The molecule has 2 aromatic carbocycles. The van der Waals surface area contributed by atoms with Gasteiger partial charge >= 0.3 is 0 Å². The molecule has 150 valence electrons. The van der Waals surface area contributed by atoms with Crippen LogP contribution in [0.5, 0.6) is 5.75 Å². The van der Waals surface area contributed by atoms with Gasteiger partial charge in [-0.15, -0.1) is 0 Å². The van der Waals surface area contributed by atoms with Crippen LogP contribution in [0.1, 0.15) is 22.3 Å². The second kappa shape index (κ2) is 8.68. The number of nitrogens with one attached hydrogen (secondary N) is 1. The molecule has 0 bridgehead atoms. The van der Waals surface area contributed by atoms with E-state index in [1.54, 1.807) is 37.4 Å². The number of rotatable bonds is 5. The lowest BCUT2D eigenvalue weighted by atomic mass is 10.0. The zero-order valence-corrected chi connectivity index (χ0v) is 15.8. The van der Waals surface area contributed by atoms with E-state index in [4.69, 9.17) is 9.47 Å². The molecule has 4 atom stereocenters. The van der Waals surface area contributed by atoms with Crippen molar-refractivity contribution in [1.82, 2.24) is 5.32 Å². The van der Waals surface area contributed by atoms with E-state index in [1.807, 2.05) is 19.1 Å². The Kier molecular flexibility index (Phi) is 6.28. The molecule has 0 radical (unpaired) electrons. The van der Waals surface area contributed by atoms with E-state index in [0.29, 0.717) is 11.3 Å². The highest BCUT2D eigenvalue weighted by atomic mass is 19.1. The molecule has 2 aromatic rings. The Bertz CT molecular complexity index is 843. The minimum Gasteiger partial charge on any atom is -0.461 e. The van der Waals surface area contributed by atoms with Crippen molar-refractivity contribution in [2.24, 2.45) is 0 Å². The number of hydrogen-bond acceptors (Lipinski definition) is 5. The highest BCUT2D eigenvalue weighted by Crippen LogP contribution is 2.30. The highest BCUT2D eigenvalue weighted by molar-refractivity contribution is 5.95. The molecule has 0 spiro atoms. The van der Waals surface area contributed by atoms with Crippen LogP contribution in [0.4, 0.5) is 4.39 Å². The van der Waals surface area contributed by atoms with Crippen molar-refractivity contribution in [3.8, 4) is 16.9 Å². The van der Waals surface area contributed by atoms with Crippen LogP contribution < -0.4 is 10.1 Å². The molecule has 1 aliphatic heterocycles. The number of alkyl halides is 1. The number of halogens is 1. The van der Waals surface area contributed by atoms with E-state index in [2.05, 4.69) is 5.32 Å². The molecule has 1 saturated heterocycles. The van der Waals surface area contributed by atoms with Gasteiger partial charge in [-0.25, -0.2) is 4.39 Å². The van der Waals surface area contributed by atoms with Gasteiger partial charge in [0.1, 0.15) is 5.75 Å². The number of carbonyl (C=O) groups is 1. The molecule has 1 aliphatic rings. The van der Waals surface area contributed by atoms with Crippen LogP contribution in [0, 0.1) is 6.92 Å². The van der Waals surface area contributed by atoms with Crippen LogP contribution in [0.25, 0.3) is 11.1 Å². The minimum atomic E-state index is -1.70. The molecule has 3 N–H and O–H groups in total. The number of benzene rings is 2. The predicted octanol–water partition coefficient (Wildman–Crippen LogP) is 2.21. The summed E-state index contributed by atoms with van der Waals surface area (Å²) >= 11 is 0. The topological polar surface area (TPSA) is 88.0 Å². The van der Waals surface area contributed by atoms with Crippen LogP contribution >= 0.6 is 0 Å². The number of aliphatic hydroxyl groups excluding tert-OH is 2. The van der Waals surface area contributed by atoms with Gasteiger partial charge in [0, 0.05) is 19.0 Å². The molecule has 6 nitrogen and oxygen atoms in total. The average molecular weight is 389 g/mol. The Morgan fingerprint density at radius 3 is 2.71 bits per heavy atom. The van der Waals surface area contributed by atoms with Gasteiger partial charge < -0.3 is 25.0 Å². The summed E-state index contributed by atoms with van der Waals surface area (Å²) in [7, 11) is 1.58. The third-order valence-electron chi connectivity index (χ3n) is 4.77. The van der Waals surface area contributed by atoms with Crippen LogP contribution in [-0.4, -0.2) is 54.4 Å². The first-order valence-electron chi connectivity index (χ1n) is 9.11. The lowest BCUT2D eigenvalue weighted by molar-refractivity contribution is -0.222. The van der Waals surface area contributed by atoms with Crippen molar-refractivity contribution < 1.29 is 28.9 Å². The second-order valence-corrected chi connectivity index (χ2v) is 6.81. The molecule has 3 rings (SSSR count). The fraction of sp³-hybridized carbons (Fsp3) is 0.381. The summed E-state index contributed by atoms with van der Waals surface area (Å²) < 4.78 is 25.3. The summed E-state index contributed by atoms with van der Waals surface area (Å²) in [5.41, 5.74) is 3.05. The summed E-state index contributed by atoms with van der Waals surface area (Å²) in [5, 5.41) is 21.6. The molecular weight excluding hydrogens is 365 g/mol. The van der Waals surface area contributed by atoms with Gasteiger partial charge in [0.25, 0.3) is 5.91 Å². The molecule has 0 aromatic heterocycles. The van der Waals surface area contributed by atoms with Gasteiger partial charge in [-0.1, -0.05) is 18.2 Å². The van der Waals surface area contributed by atoms with Crippen molar-refractivity contribution >= 4 is 5.91 Å². The molecular formula is C21H24FNO5. The minimum absolute atomic E-state index is 0.0249. The van der Waals surface area contributed by atoms with Gasteiger partial charge in [0.15, 0.2) is 6.17 Å². The smallest absolute Gasteiger partial charge is 0.251 e. The molecule has 0 aliphatic carbocycles. The van der Waals surface area contributed by atoms with E-state index >= 15 is 0 Å². The summed E-state index contributed by atoms with van der Waals surface area (Å²) in [6.07, 6.45) is -4.88. The van der Waals surface area contributed by atoms with Crippen LogP contribution in [-0.2, 0) is 4.74 Å². The van der Waals surface area contributed by atoms with E-state index in [9.17, 15) is 19.4 Å². The van der Waals surface area contributed by atoms with E-state index in [0.717, 1.165) is 16.7 Å². The van der Waals surface area contributed by atoms with Crippen molar-refractivity contribution in [3.05, 3.63) is 53.6 Å². The van der Waals surface area contributed by atoms with Crippen LogP contribution in [0.15, 0.2) is 42.5 Å². The summed E-state index contributed by atoms with van der Waals surface area (Å²) in [5.74, 6) is 0.253. The first kappa shape index (κ1) is 20.3. The zero-order chi connectivity index (χ0) is 20.3. The van der Waals surface area contributed by atoms with Gasteiger partial charge in [-0.05, 0) is 47.9 Å². The fourth-order valence-electron chi connectivity index (χ4n) is 3.18. The largest absolute Gasteiger partial charge is 0.461 e. The fourth-order valence-corrected chi connectivity index (χ4v) is 3.18. The standard InChI is InChI=1S/C21H24FNO5/c1-12-8-14(13-4-3-5-15(9-13)20(26)23-2)6-7-18(12)28-21-19(22)17(25)10-16(11-24)27-21/h3-9,16-17,19,21,24-25H,10-11H2,1-2H3,(H,23,26)/t16?,17?,19?,21-/m1/s1. The Hall–Kier alpha value is -2.48. The number of ether oxygens (including phenoxy) is 2. The van der Waals surface area contributed by atoms with Gasteiger partial charge in [-0.2, -0.15) is 0 Å². The van der Waals surface area contributed by atoms with Crippen molar-refractivity contribution in [3.63, 3.8) is 0 Å². The molecule has 3 unspecified atom stereocenters. The van der Waals surface area contributed by atoms with Crippen LogP contribution in [0.3, 0.4) is 0 Å². The van der Waals surface area contributed by atoms with Crippen molar-refractivity contribution in [1.29, 1.82) is 0 Å². The lowest BCUT2D eigenvalue weighted by Crippen LogP contribution is -2.49. The van der Waals surface area contributed by atoms with Gasteiger partial charge in [-0.3, -0.25) is 4.79 Å². The number of aryl methyl sites for hydroxylation is 1. The maximum Gasteiger partial charge on any atom is 0.251 e. The normalized spacial score (nSPS) is 24.6. The number of hydrogen-bond donors (Lipinski definition) is 3. The van der Waals surface area contributed by atoms with E-state index < -0.39 is 24.7 Å². The zero-order valence-electron chi connectivity index (χ0n) is 15.8. The maximum absolute atomic E-state index is 14.2. The molecule has 7 heteroatoms. The van der Waals surface area contributed by atoms with Gasteiger partial charge in [0.2, 0.25) is 6.29 Å². The summed E-state index contributed by atoms with van der Waals surface area (Å²) in [4.78, 5) is 11.8. The Balaban J connectivity index is 1.80. The number of carbonyl (C=O) groups excluding carboxylic acids is 1. The number of aliphatic hydroxyl groups is 2. The molecule has 1 amide bonds. The monoisotopic (exact) mass is 389 g/mol. The first-order valence-corrected chi connectivity index (χ1v) is 9.11. The average Bonchev–Trinajstić information content (AvgIpc) is 2.71. The quantitative estimate of drug-likeness (QED) is 0.730. The van der Waals surface area contributed by atoms with Crippen LogP contribution in [0.2, 0.25) is 0 Å². The maximum atomic E-state index is 14.2. The molecule has 28 heavy (non-hydrogen) atoms. The Morgan fingerprint density at radius 2 is 2.04 bits per heavy atom. The molecule has 1 heterocycles. The highest BCUT2D eigenvalue weighted by Gasteiger charge is 2.39. The van der Waals surface area contributed by atoms with E-state index in [1.165, 1.54) is 0 Å². The van der Waals surface area contributed by atoms with E-state index in [-0.39, 0.29) is 18.9 Å². The van der Waals surface area contributed by atoms with Crippen molar-refractivity contribution in [2.75, 3.05) is 13.7 Å². The van der Waals surface area contributed by atoms with Crippen molar-refractivity contribution in [2.45, 2.75) is 38.0 Å². The summed E-state index contributed by atoms with van der Waals surface area (Å²) in [6.45, 7) is 1.50. The van der Waals surface area contributed by atoms with Gasteiger partial charge in [0.05, 0.1) is 18.8 Å². The Morgan fingerprint density at radius 1 is 1.29 bits per heavy atom. The number of amides is 1. The SMILES string of the molecule is CNC(=O)c1cccc(-c2ccc(O[C@H]3OC(CO)CC(O)C3F)c(C)c2)c1. The molecule has 0 saturated carbocycles. The molecule has 1 fully saturated rings. The predicted molar refractivity (Wildman–Crippen MR) is 102 cm³/mol. The second-order valence-electron chi connectivity index (χ2n) is 6.81. The first-order chi connectivity index (χ1) is 13.4. The lowest BCUT2D eigenvalue weighted by Gasteiger charge is -2.35. The summed E-state index contributed by atoms with van der Waals surface area (Å²) in [6, 6.07) is 12.6. The Labute approximate surface area is 162 Å².